The zero-order valence-corrected chi connectivity index (χ0v) is 12.8. The van der Waals surface area contributed by atoms with E-state index in [2.05, 4.69) is 21.2 Å². The van der Waals surface area contributed by atoms with E-state index in [1.807, 2.05) is 6.07 Å². The van der Waals surface area contributed by atoms with Crippen LogP contribution in [0.25, 0.3) is 0 Å². The van der Waals surface area contributed by atoms with Gasteiger partial charge in [-0.05, 0) is 28.1 Å². The highest BCUT2D eigenvalue weighted by atomic mass is 79.9. The Labute approximate surface area is 129 Å². The Kier molecular flexibility index (Phi) is 4.64. The van der Waals surface area contributed by atoms with Crippen LogP contribution in [0.5, 0.6) is 11.5 Å². The predicted molar refractivity (Wildman–Crippen MR) is 82.8 cm³/mol. The number of ether oxygens (including phenoxy) is 1. The summed E-state index contributed by atoms with van der Waals surface area (Å²) in [7, 11) is 1.45. The Hall–Kier alpha value is -2.28. The number of nitro groups is 1. The van der Waals surface area contributed by atoms with Gasteiger partial charge in [-0.2, -0.15) is 0 Å². The van der Waals surface area contributed by atoms with Gasteiger partial charge in [-0.25, -0.2) is 0 Å². The Bertz CT molecular complexity index is 676. The molecule has 0 amide bonds. The van der Waals surface area contributed by atoms with Gasteiger partial charge in [0.1, 0.15) is 11.5 Å². The molecule has 0 spiro atoms. The number of para-hydroxylation sites is 1. The molecule has 2 N–H and O–H groups in total. The molecule has 0 unspecified atom stereocenters. The van der Waals surface area contributed by atoms with Crippen molar-refractivity contribution in [1.29, 1.82) is 0 Å². The monoisotopic (exact) mass is 352 g/mol. The summed E-state index contributed by atoms with van der Waals surface area (Å²) < 4.78 is 5.75. The van der Waals surface area contributed by atoms with E-state index in [0.29, 0.717) is 28.0 Å². The molecule has 0 saturated heterocycles. The van der Waals surface area contributed by atoms with E-state index in [1.165, 1.54) is 19.2 Å². The Morgan fingerprint density at radius 2 is 2.14 bits per heavy atom. The van der Waals surface area contributed by atoms with E-state index in [-0.39, 0.29) is 11.4 Å². The number of phenols is 1. The number of halogens is 1. The molecule has 6 nitrogen and oxygen atoms in total. The summed E-state index contributed by atoms with van der Waals surface area (Å²) in [6.45, 7) is 0.361. The highest BCUT2D eigenvalue weighted by molar-refractivity contribution is 9.10. The van der Waals surface area contributed by atoms with E-state index < -0.39 is 4.92 Å². The van der Waals surface area contributed by atoms with E-state index in [9.17, 15) is 15.2 Å². The number of hydrogen-bond donors (Lipinski definition) is 2. The SMILES string of the molecule is COc1cc([N+](=O)[O-])ccc1NCc1cccc(Br)c1O. The zero-order chi connectivity index (χ0) is 15.4. The molecule has 0 aliphatic heterocycles. The van der Waals surface area contributed by atoms with Crippen LogP contribution >= 0.6 is 15.9 Å². The van der Waals surface area contributed by atoms with Crippen LogP contribution in [0.2, 0.25) is 0 Å². The van der Waals surface area contributed by atoms with Crippen molar-refractivity contribution >= 4 is 27.3 Å². The molecule has 0 aromatic heterocycles. The lowest BCUT2D eigenvalue weighted by atomic mass is 10.2. The largest absolute Gasteiger partial charge is 0.506 e. The maximum atomic E-state index is 10.7. The van der Waals surface area contributed by atoms with E-state index in [4.69, 9.17) is 4.74 Å². The molecule has 2 rings (SSSR count). The van der Waals surface area contributed by atoms with Crippen LogP contribution in [0.1, 0.15) is 5.56 Å². The molecule has 0 heterocycles. The molecule has 0 saturated carbocycles. The highest BCUT2D eigenvalue weighted by Gasteiger charge is 2.12. The van der Waals surface area contributed by atoms with Gasteiger partial charge in [0.2, 0.25) is 0 Å². The van der Waals surface area contributed by atoms with Crippen molar-refractivity contribution < 1.29 is 14.8 Å². The van der Waals surface area contributed by atoms with Gasteiger partial charge in [0, 0.05) is 18.2 Å². The maximum Gasteiger partial charge on any atom is 0.273 e. The third-order valence-electron chi connectivity index (χ3n) is 2.94. The van der Waals surface area contributed by atoms with Gasteiger partial charge in [0.25, 0.3) is 5.69 Å². The third kappa shape index (κ3) is 3.43. The van der Waals surface area contributed by atoms with Crippen molar-refractivity contribution in [2.45, 2.75) is 6.54 Å². The fourth-order valence-electron chi connectivity index (χ4n) is 1.83. The number of aromatic hydroxyl groups is 1. The molecule has 0 aliphatic rings. The molecule has 2 aromatic rings. The number of nitrogens with zero attached hydrogens (tertiary/aromatic N) is 1. The average Bonchev–Trinajstić information content (AvgIpc) is 2.48. The van der Waals surface area contributed by atoms with Crippen LogP contribution in [0.3, 0.4) is 0 Å². The van der Waals surface area contributed by atoms with Crippen LogP contribution in [-0.4, -0.2) is 17.1 Å². The van der Waals surface area contributed by atoms with Crippen LogP contribution in [0.15, 0.2) is 40.9 Å². The first-order valence-corrected chi connectivity index (χ1v) is 6.85. The van der Waals surface area contributed by atoms with Crippen molar-refractivity contribution in [3.63, 3.8) is 0 Å². The first-order valence-electron chi connectivity index (χ1n) is 6.05. The van der Waals surface area contributed by atoms with Gasteiger partial charge in [0.15, 0.2) is 0 Å². The number of phenolic OH excluding ortho intramolecular Hbond substituents is 1. The first kappa shape index (κ1) is 15.1. The molecular weight excluding hydrogens is 340 g/mol. The normalized spacial score (nSPS) is 10.2. The third-order valence-corrected chi connectivity index (χ3v) is 3.58. The summed E-state index contributed by atoms with van der Waals surface area (Å²) in [5, 5.41) is 23.7. The van der Waals surface area contributed by atoms with E-state index >= 15 is 0 Å². The summed E-state index contributed by atoms with van der Waals surface area (Å²) in [5.74, 6) is 0.532. The summed E-state index contributed by atoms with van der Waals surface area (Å²) in [4.78, 5) is 10.3. The van der Waals surface area contributed by atoms with E-state index in [1.54, 1.807) is 18.2 Å². The minimum atomic E-state index is -0.480. The Morgan fingerprint density at radius 1 is 1.38 bits per heavy atom. The van der Waals surface area contributed by atoms with E-state index in [0.717, 1.165) is 0 Å². The minimum Gasteiger partial charge on any atom is -0.506 e. The number of rotatable bonds is 5. The van der Waals surface area contributed by atoms with Gasteiger partial charge < -0.3 is 15.2 Å². The second-order valence-corrected chi connectivity index (χ2v) is 5.10. The lowest BCUT2D eigenvalue weighted by Gasteiger charge is -2.12. The summed E-state index contributed by atoms with van der Waals surface area (Å²) in [6, 6.07) is 9.66. The van der Waals surface area contributed by atoms with Crippen molar-refractivity contribution in [3.05, 3.63) is 56.5 Å². The van der Waals surface area contributed by atoms with Crippen LogP contribution in [0.4, 0.5) is 11.4 Å². The minimum absolute atomic E-state index is 0.0392. The fraction of sp³-hybridized carbons (Fsp3) is 0.143. The number of nitrogens with one attached hydrogen (secondary N) is 1. The topological polar surface area (TPSA) is 84.6 Å². The zero-order valence-electron chi connectivity index (χ0n) is 11.2. The molecule has 21 heavy (non-hydrogen) atoms. The highest BCUT2D eigenvalue weighted by Crippen LogP contribution is 2.31. The smallest absolute Gasteiger partial charge is 0.273 e. The van der Waals surface area contributed by atoms with Crippen LogP contribution in [-0.2, 0) is 6.54 Å². The Balaban J connectivity index is 2.20. The van der Waals surface area contributed by atoms with Gasteiger partial charge in [0.05, 0.1) is 28.3 Å². The van der Waals surface area contributed by atoms with Gasteiger partial charge >= 0.3 is 0 Å². The molecule has 0 fully saturated rings. The summed E-state index contributed by atoms with van der Waals surface area (Å²) >= 11 is 3.25. The molecule has 0 atom stereocenters. The molecule has 0 radical (unpaired) electrons. The maximum absolute atomic E-state index is 10.7. The standard InChI is InChI=1S/C14H13BrN2O4/c1-21-13-7-10(17(19)20)5-6-12(13)16-8-9-3-2-4-11(15)14(9)18/h2-7,16,18H,8H2,1H3. The fourth-order valence-corrected chi connectivity index (χ4v) is 2.24. The molecule has 2 aromatic carbocycles. The van der Waals surface area contributed by atoms with Crippen molar-refractivity contribution in [3.8, 4) is 11.5 Å². The number of benzene rings is 2. The first-order chi connectivity index (χ1) is 10.0. The van der Waals surface area contributed by atoms with Crippen LogP contribution in [0, 0.1) is 10.1 Å². The number of anilines is 1. The lowest BCUT2D eigenvalue weighted by molar-refractivity contribution is -0.384. The molecule has 0 aliphatic carbocycles. The number of methoxy groups -OCH3 is 1. The number of non-ortho nitro benzene ring substituents is 1. The quantitative estimate of drug-likeness (QED) is 0.633. The van der Waals surface area contributed by atoms with Gasteiger partial charge in [-0.1, -0.05) is 12.1 Å². The summed E-state index contributed by atoms with van der Waals surface area (Å²) in [5.41, 5.74) is 1.27. The second kappa shape index (κ2) is 6.45. The van der Waals surface area contributed by atoms with Crippen molar-refractivity contribution in [2.75, 3.05) is 12.4 Å². The second-order valence-electron chi connectivity index (χ2n) is 4.24. The molecule has 110 valence electrons. The number of nitro benzene ring substituents is 1. The Morgan fingerprint density at radius 3 is 2.81 bits per heavy atom. The molecule has 7 heteroatoms. The summed E-state index contributed by atoms with van der Waals surface area (Å²) in [6.07, 6.45) is 0. The average molecular weight is 353 g/mol. The van der Waals surface area contributed by atoms with Gasteiger partial charge in [-0.15, -0.1) is 0 Å². The van der Waals surface area contributed by atoms with Crippen LogP contribution < -0.4 is 10.1 Å². The lowest BCUT2D eigenvalue weighted by Crippen LogP contribution is -2.02. The van der Waals surface area contributed by atoms with Gasteiger partial charge in [-0.3, -0.25) is 10.1 Å². The van der Waals surface area contributed by atoms with Crippen molar-refractivity contribution in [2.24, 2.45) is 0 Å². The van der Waals surface area contributed by atoms with Crippen molar-refractivity contribution in [1.82, 2.24) is 0 Å². The number of hydrogen-bond acceptors (Lipinski definition) is 5. The predicted octanol–water partition coefficient (Wildman–Crippen LogP) is 3.68. The molecular formula is C14H13BrN2O4. The molecule has 0 bridgehead atoms.